The number of rotatable bonds is 7. The van der Waals surface area contributed by atoms with E-state index in [0.717, 1.165) is 27.6 Å². The Morgan fingerprint density at radius 1 is 0.975 bits per heavy atom. The van der Waals surface area contributed by atoms with E-state index in [1.807, 2.05) is 61.5 Å². The van der Waals surface area contributed by atoms with Crippen LogP contribution in [0.4, 0.5) is 5.69 Å². The lowest BCUT2D eigenvalue weighted by atomic mass is 9.97. The number of amides is 1. The SMILES string of the molecule is CCOc1ccc2ccccc2c1C(=O)Nc1ccc(S(=O)(=O)N2CCC(c3nc4ccccc4[nH]3)CC2)cc1. The van der Waals surface area contributed by atoms with Gasteiger partial charge in [0, 0.05) is 24.7 Å². The van der Waals surface area contributed by atoms with Crippen molar-refractivity contribution in [3.05, 3.63) is 96.3 Å². The molecule has 5 aromatic rings. The molecule has 4 aromatic carbocycles. The van der Waals surface area contributed by atoms with Crippen LogP contribution in [0.15, 0.2) is 89.8 Å². The van der Waals surface area contributed by atoms with Crippen LogP contribution in [0.25, 0.3) is 21.8 Å². The second kappa shape index (κ2) is 10.7. The number of carbonyl (C=O) groups is 1. The average molecular weight is 555 g/mol. The number of nitrogens with one attached hydrogen (secondary N) is 2. The first-order valence-electron chi connectivity index (χ1n) is 13.4. The average Bonchev–Trinajstić information content (AvgIpc) is 3.42. The van der Waals surface area contributed by atoms with Crippen molar-refractivity contribution in [2.45, 2.75) is 30.6 Å². The molecule has 0 saturated carbocycles. The quantitative estimate of drug-likeness (QED) is 0.259. The molecule has 1 aromatic heterocycles. The standard InChI is InChI=1S/C31H30N4O4S/c1-2-39-28-16-11-21-7-3-4-8-25(21)29(28)31(36)32-23-12-14-24(15-13-23)40(37,38)35-19-17-22(18-20-35)30-33-26-9-5-6-10-27(26)34-30/h3-16,22H,2,17-20H2,1H3,(H,32,36)(H,33,34). The van der Waals surface area contributed by atoms with Gasteiger partial charge in [-0.15, -0.1) is 0 Å². The third-order valence-electron chi connectivity index (χ3n) is 7.42. The summed E-state index contributed by atoms with van der Waals surface area (Å²) < 4.78 is 34.0. The third-order valence-corrected chi connectivity index (χ3v) is 9.33. The highest BCUT2D eigenvalue weighted by Crippen LogP contribution is 2.32. The number of H-pyrrole nitrogens is 1. The fraction of sp³-hybridized carbons (Fsp3) is 0.226. The highest BCUT2D eigenvalue weighted by atomic mass is 32.2. The van der Waals surface area contributed by atoms with E-state index in [1.165, 1.54) is 4.31 Å². The molecule has 40 heavy (non-hydrogen) atoms. The summed E-state index contributed by atoms with van der Waals surface area (Å²) in [6, 6.07) is 25.6. The Morgan fingerprint density at radius 3 is 2.45 bits per heavy atom. The molecule has 9 heteroatoms. The van der Waals surface area contributed by atoms with Gasteiger partial charge in [0.1, 0.15) is 11.6 Å². The maximum Gasteiger partial charge on any atom is 0.260 e. The molecule has 1 aliphatic heterocycles. The van der Waals surface area contributed by atoms with Crippen LogP contribution in [0, 0.1) is 0 Å². The number of sulfonamides is 1. The monoisotopic (exact) mass is 554 g/mol. The van der Waals surface area contributed by atoms with Gasteiger partial charge in [-0.1, -0.05) is 42.5 Å². The zero-order valence-electron chi connectivity index (χ0n) is 22.1. The molecule has 1 aliphatic rings. The summed E-state index contributed by atoms with van der Waals surface area (Å²) in [6.45, 7) is 3.14. The minimum Gasteiger partial charge on any atom is -0.493 e. The second-order valence-corrected chi connectivity index (χ2v) is 11.8. The molecule has 8 nitrogen and oxygen atoms in total. The van der Waals surface area contributed by atoms with E-state index in [4.69, 9.17) is 9.72 Å². The van der Waals surface area contributed by atoms with Crippen molar-refractivity contribution in [3.63, 3.8) is 0 Å². The molecule has 2 heterocycles. The topological polar surface area (TPSA) is 104 Å². The number of nitrogens with zero attached hydrogens (tertiary/aromatic N) is 2. The van der Waals surface area contributed by atoms with Crippen molar-refractivity contribution in [2.75, 3.05) is 25.0 Å². The second-order valence-electron chi connectivity index (χ2n) is 9.89. The number of imidazole rings is 1. The Hall–Kier alpha value is -4.21. The van der Waals surface area contributed by atoms with Crippen LogP contribution in [0.2, 0.25) is 0 Å². The molecule has 2 N–H and O–H groups in total. The van der Waals surface area contributed by atoms with Crippen molar-refractivity contribution in [1.29, 1.82) is 0 Å². The van der Waals surface area contributed by atoms with E-state index in [1.54, 1.807) is 30.3 Å². The predicted octanol–water partition coefficient (Wildman–Crippen LogP) is 5.94. The summed E-state index contributed by atoms with van der Waals surface area (Å²) in [5.74, 6) is 1.29. The molecule has 1 saturated heterocycles. The van der Waals surface area contributed by atoms with Gasteiger partial charge >= 0.3 is 0 Å². The number of piperidine rings is 1. The number of anilines is 1. The molecule has 6 rings (SSSR count). The number of hydrogen-bond acceptors (Lipinski definition) is 5. The van der Waals surface area contributed by atoms with Crippen LogP contribution < -0.4 is 10.1 Å². The number of hydrogen-bond donors (Lipinski definition) is 2. The Balaban J connectivity index is 1.15. The van der Waals surface area contributed by atoms with Crippen LogP contribution >= 0.6 is 0 Å². The molecule has 1 amide bonds. The number of aromatic amines is 1. The Morgan fingerprint density at radius 2 is 1.70 bits per heavy atom. The van der Waals surface area contributed by atoms with Crippen LogP contribution in [0.3, 0.4) is 0 Å². The van der Waals surface area contributed by atoms with E-state index in [2.05, 4.69) is 10.3 Å². The zero-order valence-corrected chi connectivity index (χ0v) is 22.9. The normalized spacial score (nSPS) is 14.9. The fourth-order valence-corrected chi connectivity index (χ4v) is 6.82. The number of carbonyl (C=O) groups excluding carboxylic acids is 1. The van der Waals surface area contributed by atoms with E-state index in [9.17, 15) is 13.2 Å². The Labute approximate surface area is 233 Å². The Bertz CT molecular complexity index is 1760. The van der Waals surface area contributed by atoms with Gasteiger partial charge in [0.05, 0.1) is 28.1 Å². The summed E-state index contributed by atoms with van der Waals surface area (Å²) in [5, 5.41) is 4.62. The lowest BCUT2D eigenvalue weighted by molar-refractivity contribution is 0.102. The first-order valence-corrected chi connectivity index (χ1v) is 14.9. The van der Waals surface area contributed by atoms with Crippen molar-refractivity contribution in [1.82, 2.24) is 14.3 Å². The smallest absolute Gasteiger partial charge is 0.260 e. The molecule has 0 spiro atoms. The number of fused-ring (bicyclic) bond motifs is 2. The first kappa shape index (κ1) is 26.0. The summed E-state index contributed by atoms with van der Waals surface area (Å²) in [4.78, 5) is 21.6. The van der Waals surface area contributed by atoms with Crippen LogP contribution in [-0.2, 0) is 10.0 Å². The molecule has 0 atom stereocenters. The van der Waals surface area contributed by atoms with Gasteiger partial charge in [-0.3, -0.25) is 4.79 Å². The Kier molecular flexibility index (Phi) is 7.00. The maximum atomic E-state index is 13.4. The van der Waals surface area contributed by atoms with E-state index >= 15 is 0 Å². The van der Waals surface area contributed by atoms with Crippen molar-refractivity contribution in [3.8, 4) is 5.75 Å². The molecular formula is C31H30N4O4S. The van der Waals surface area contributed by atoms with Gasteiger partial charge in [0.25, 0.3) is 5.91 Å². The van der Waals surface area contributed by atoms with Crippen molar-refractivity contribution < 1.29 is 17.9 Å². The molecule has 204 valence electrons. The number of para-hydroxylation sites is 2. The number of ether oxygens (including phenoxy) is 1. The zero-order chi connectivity index (χ0) is 27.7. The van der Waals surface area contributed by atoms with Crippen molar-refractivity contribution in [2.24, 2.45) is 0 Å². The largest absolute Gasteiger partial charge is 0.493 e. The van der Waals surface area contributed by atoms with E-state index < -0.39 is 10.0 Å². The lowest BCUT2D eigenvalue weighted by Gasteiger charge is -2.30. The minimum absolute atomic E-state index is 0.187. The van der Waals surface area contributed by atoms with Gasteiger partial charge in [0.2, 0.25) is 10.0 Å². The van der Waals surface area contributed by atoms with Gasteiger partial charge in [0.15, 0.2) is 0 Å². The number of aromatic nitrogens is 2. The van der Waals surface area contributed by atoms with Crippen LogP contribution in [0.5, 0.6) is 5.75 Å². The summed E-state index contributed by atoms with van der Waals surface area (Å²) >= 11 is 0. The molecule has 0 unspecified atom stereocenters. The van der Waals surface area contributed by atoms with E-state index in [-0.39, 0.29) is 16.7 Å². The molecule has 0 bridgehead atoms. The molecule has 0 radical (unpaired) electrons. The lowest BCUT2D eigenvalue weighted by Crippen LogP contribution is -2.38. The molecular weight excluding hydrogens is 524 g/mol. The van der Waals surface area contributed by atoms with Gasteiger partial charge in [-0.2, -0.15) is 4.31 Å². The van der Waals surface area contributed by atoms with Gasteiger partial charge < -0.3 is 15.0 Å². The summed E-state index contributed by atoms with van der Waals surface area (Å²) in [6.07, 6.45) is 1.39. The molecule has 0 aliphatic carbocycles. The van der Waals surface area contributed by atoms with E-state index in [0.29, 0.717) is 49.5 Å². The third kappa shape index (κ3) is 4.94. The summed E-state index contributed by atoms with van der Waals surface area (Å²) in [5.41, 5.74) is 2.87. The first-order chi connectivity index (χ1) is 19.4. The predicted molar refractivity (Wildman–Crippen MR) is 156 cm³/mol. The minimum atomic E-state index is -3.66. The van der Waals surface area contributed by atoms with Gasteiger partial charge in [-0.25, -0.2) is 13.4 Å². The highest BCUT2D eigenvalue weighted by Gasteiger charge is 2.31. The maximum absolute atomic E-state index is 13.4. The summed E-state index contributed by atoms with van der Waals surface area (Å²) in [7, 11) is -3.66. The van der Waals surface area contributed by atoms with Crippen molar-refractivity contribution >= 4 is 43.4 Å². The van der Waals surface area contributed by atoms with Gasteiger partial charge in [-0.05, 0) is 73.0 Å². The van der Waals surface area contributed by atoms with Crippen LogP contribution in [0.1, 0.15) is 41.9 Å². The number of benzene rings is 4. The fourth-order valence-electron chi connectivity index (χ4n) is 5.35. The highest BCUT2D eigenvalue weighted by molar-refractivity contribution is 7.89. The van der Waals surface area contributed by atoms with Crippen LogP contribution in [-0.4, -0.2) is 48.3 Å². The molecule has 1 fully saturated rings.